The van der Waals surface area contributed by atoms with E-state index in [4.69, 9.17) is 0 Å². The van der Waals surface area contributed by atoms with Crippen molar-refractivity contribution >= 4 is 32.2 Å². The van der Waals surface area contributed by atoms with Gasteiger partial charge in [0, 0.05) is 11.1 Å². The molecule has 0 aliphatic carbocycles. The van der Waals surface area contributed by atoms with Gasteiger partial charge in [0.2, 0.25) is 0 Å². The predicted molar refractivity (Wildman–Crippen MR) is 84.9 cm³/mol. The Morgan fingerprint density at radius 3 is 2.09 bits per heavy atom. The van der Waals surface area contributed by atoms with Crippen LogP contribution in [0.2, 0.25) is 0 Å². The zero-order chi connectivity index (χ0) is 16.6. The molecule has 2 aromatic carbocycles. The van der Waals surface area contributed by atoms with Gasteiger partial charge in [0.05, 0.1) is 26.3 Å². The van der Waals surface area contributed by atoms with E-state index < -0.39 is 20.6 Å². The monoisotopic (exact) mass is 348 g/mol. The van der Waals surface area contributed by atoms with Crippen LogP contribution in [0.3, 0.4) is 0 Å². The van der Waals surface area contributed by atoms with Gasteiger partial charge in [-0.2, -0.15) is 0 Å². The summed E-state index contributed by atoms with van der Waals surface area (Å²) < 4.78 is 33.7. The summed E-state index contributed by atoms with van der Waals surface area (Å²) in [6, 6.07) is 13.4. The Balaban J connectivity index is 0.000000136. The summed E-state index contributed by atoms with van der Waals surface area (Å²) in [4.78, 5) is 23.1. The molecule has 0 amide bonds. The second kappa shape index (κ2) is 5.82. The smallest absolute Gasteiger partial charge is 0.186 e. The van der Waals surface area contributed by atoms with E-state index in [1.807, 2.05) is 0 Å². The molecule has 0 radical (unpaired) electrons. The van der Waals surface area contributed by atoms with Crippen molar-refractivity contribution in [3.63, 3.8) is 0 Å². The van der Waals surface area contributed by atoms with Gasteiger partial charge < -0.3 is 0 Å². The fourth-order valence-electron chi connectivity index (χ4n) is 2.47. The number of carbonyl (C=O) groups is 2. The lowest BCUT2D eigenvalue weighted by Gasteiger charge is -1.92. The van der Waals surface area contributed by atoms with Crippen molar-refractivity contribution in [2.24, 2.45) is 0 Å². The average Bonchev–Trinajstić information content (AvgIpc) is 2.95. The third-order valence-electron chi connectivity index (χ3n) is 3.54. The van der Waals surface area contributed by atoms with Gasteiger partial charge in [0.25, 0.3) is 0 Å². The molecule has 0 bridgehead atoms. The highest BCUT2D eigenvalue weighted by Gasteiger charge is 2.32. The van der Waals surface area contributed by atoms with Crippen molar-refractivity contribution in [3.8, 4) is 0 Å². The number of Topliss-reactive ketones (excluding diaryl/α,β-unsaturated/α-hetero) is 2. The van der Waals surface area contributed by atoms with Gasteiger partial charge in [0.1, 0.15) is 5.75 Å². The first-order valence-electron chi connectivity index (χ1n) is 6.76. The van der Waals surface area contributed by atoms with Crippen LogP contribution in [0, 0.1) is 0 Å². The van der Waals surface area contributed by atoms with Gasteiger partial charge in [-0.05, 0) is 12.1 Å². The van der Waals surface area contributed by atoms with Crippen molar-refractivity contribution < 1.29 is 22.2 Å². The summed E-state index contributed by atoms with van der Waals surface area (Å²) in [6.07, 6.45) is 0. The lowest BCUT2D eigenvalue weighted by molar-refractivity contribution is 0.101. The standard InChI is InChI=1S/C8H6O3S.C8H6O2S/c9-7-5-12(10,11)8-4-2-1-3-6(7)8;9-7-5-11(10)8-4-2-1-3-6(7)8/h1-4H,5H2;1-4H,5H2. The van der Waals surface area contributed by atoms with Crippen molar-refractivity contribution in [3.05, 3.63) is 59.7 Å². The number of hydrogen-bond donors (Lipinski definition) is 0. The third-order valence-corrected chi connectivity index (χ3v) is 6.58. The first-order valence-corrected chi connectivity index (χ1v) is 9.73. The molecular formula is C16H12O5S2. The predicted octanol–water partition coefficient (Wildman–Crippen LogP) is 1.65. The largest absolute Gasteiger partial charge is 0.293 e. The quantitative estimate of drug-likeness (QED) is 0.723. The zero-order valence-electron chi connectivity index (χ0n) is 11.9. The maximum atomic E-state index is 11.2. The SMILES string of the molecule is O=C1CS(=O)(=O)c2ccccc21.O=C1CS(=O)c2ccccc21. The summed E-state index contributed by atoms with van der Waals surface area (Å²) in [6.45, 7) is 0. The van der Waals surface area contributed by atoms with E-state index in [-0.39, 0.29) is 28.0 Å². The molecule has 118 valence electrons. The van der Waals surface area contributed by atoms with Gasteiger partial charge in [-0.25, -0.2) is 8.42 Å². The number of hydrogen-bond acceptors (Lipinski definition) is 5. The minimum atomic E-state index is -3.30. The molecule has 1 atom stereocenters. The number of carbonyl (C=O) groups excluding carboxylic acids is 2. The molecule has 2 aromatic rings. The van der Waals surface area contributed by atoms with Crippen LogP contribution in [-0.4, -0.2) is 35.7 Å². The summed E-state index contributed by atoms with van der Waals surface area (Å²) in [7, 11) is -4.38. The Morgan fingerprint density at radius 2 is 1.43 bits per heavy atom. The minimum absolute atomic E-state index is 0.000988. The summed E-state index contributed by atoms with van der Waals surface area (Å²) in [5, 5.41) is 0. The molecule has 0 saturated heterocycles. The van der Waals surface area contributed by atoms with Crippen molar-refractivity contribution in [2.45, 2.75) is 9.79 Å². The highest BCUT2D eigenvalue weighted by Crippen LogP contribution is 2.24. The first kappa shape index (κ1) is 15.8. The van der Waals surface area contributed by atoms with Crippen LogP contribution in [0.1, 0.15) is 20.7 Å². The Hall–Kier alpha value is -2.12. The number of ketones is 2. The van der Waals surface area contributed by atoms with Crippen molar-refractivity contribution in [2.75, 3.05) is 11.5 Å². The molecule has 1 unspecified atom stereocenters. The molecule has 0 fully saturated rings. The summed E-state index contributed by atoms with van der Waals surface area (Å²) in [5.41, 5.74) is 0.961. The lowest BCUT2D eigenvalue weighted by atomic mass is 10.2. The molecule has 0 aromatic heterocycles. The van der Waals surface area contributed by atoms with Gasteiger partial charge in [-0.15, -0.1) is 0 Å². The summed E-state index contributed by atoms with van der Waals surface area (Å²) >= 11 is 0. The summed E-state index contributed by atoms with van der Waals surface area (Å²) in [5.74, 6) is -0.504. The Labute approximate surface area is 135 Å². The maximum absolute atomic E-state index is 11.2. The third kappa shape index (κ3) is 2.89. The van der Waals surface area contributed by atoms with Gasteiger partial charge >= 0.3 is 0 Å². The highest BCUT2D eigenvalue weighted by molar-refractivity contribution is 7.92. The number of sulfone groups is 1. The molecule has 2 aliphatic heterocycles. The van der Waals surface area contributed by atoms with Crippen LogP contribution >= 0.6 is 0 Å². The first-order chi connectivity index (χ1) is 10.9. The van der Waals surface area contributed by atoms with E-state index in [2.05, 4.69) is 0 Å². The molecule has 5 nitrogen and oxygen atoms in total. The number of rotatable bonds is 0. The fraction of sp³-hybridized carbons (Fsp3) is 0.125. The maximum Gasteiger partial charge on any atom is 0.186 e. The molecule has 0 spiro atoms. The van der Waals surface area contributed by atoms with E-state index in [0.717, 1.165) is 0 Å². The van der Waals surface area contributed by atoms with Crippen LogP contribution in [0.5, 0.6) is 0 Å². The Morgan fingerprint density at radius 1 is 0.826 bits per heavy atom. The van der Waals surface area contributed by atoms with Gasteiger partial charge in [0.15, 0.2) is 21.4 Å². The Kier molecular flexibility index (Phi) is 3.99. The van der Waals surface area contributed by atoms with E-state index >= 15 is 0 Å². The van der Waals surface area contributed by atoms with Crippen LogP contribution in [0.15, 0.2) is 58.3 Å². The highest BCUT2D eigenvalue weighted by atomic mass is 32.2. The molecule has 0 N–H and O–H groups in total. The number of fused-ring (bicyclic) bond motifs is 2. The van der Waals surface area contributed by atoms with Crippen molar-refractivity contribution in [1.82, 2.24) is 0 Å². The van der Waals surface area contributed by atoms with Crippen LogP contribution in [0.25, 0.3) is 0 Å². The van der Waals surface area contributed by atoms with Crippen molar-refractivity contribution in [1.29, 1.82) is 0 Å². The minimum Gasteiger partial charge on any atom is -0.293 e. The van der Waals surface area contributed by atoms with Crippen LogP contribution in [-0.2, 0) is 20.6 Å². The van der Waals surface area contributed by atoms with Gasteiger partial charge in [-0.1, -0.05) is 36.4 Å². The lowest BCUT2D eigenvalue weighted by Crippen LogP contribution is -2.03. The second-order valence-corrected chi connectivity index (χ2v) is 8.47. The fourth-order valence-corrected chi connectivity index (χ4v) is 5.13. The zero-order valence-corrected chi connectivity index (χ0v) is 13.5. The number of benzene rings is 2. The van der Waals surface area contributed by atoms with Crippen LogP contribution < -0.4 is 0 Å². The van der Waals surface area contributed by atoms with E-state index in [1.165, 1.54) is 6.07 Å². The Bertz CT molecular complexity index is 911. The molecule has 0 saturated carbocycles. The van der Waals surface area contributed by atoms with Crippen LogP contribution in [0.4, 0.5) is 0 Å². The molecular weight excluding hydrogens is 336 g/mol. The van der Waals surface area contributed by atoms with E-state index in [1.54, 1.807) is 42.5 Å². The van der Waals surface area contributed by atoms with E-state index in [0.29, 0.717) is 16.0 Å². The molecule has 4 rings (SSSR count). The molecule has 2 heterocycles. The average molecular weight is 348 g/mol. The van der Waals surface area contributed by atoms with E-state index in [9.17, 15) is 22.2 Å². The van der Waals surface area contributed by atoms with Gasteiger partial charge in [-0.3, -0.25) is 13.8 Å². The molecule has 23 heavy (non-hydrogen) atoms. The normalized spacial score (nSPS) is 20.4. The topological polar surface area (TPSA) is 85.3 Å². The molecule has 7 heteroatoms. The molecule has 2 aliphatic rings. The second-order valence-electron chi connectivity index (χ2n) is 5.09.